The molecule has 0 aliphatic carbocycles. The minimum atomic E-state index is -4.48. The van der Waals surface area contributed by atoms with Gasteiger partial charge in [-0.3, -0.25) is 9.78 Å². The van der Waals surface area contributed by atoms with E-state index in [-0.39, 0.29) is 6.10 Å². The molecule has 0 radical (unpaired) electrons. The first-order chi connectivity index (χ1) is 10.3. The van der Waals surface area contributed by atoms with Crippen molar-refractivity contribution in [1.29, 1.82) is 0 Å². The monoisotopic (exact) mass is 309 g/mol. The van der Waals surface area contributed by atoms with Crippen LogP contribution in [0.1, 0.15) is 29.9 Å². The molecule has 0 amide bonds. The van der Waals surface area contributed by atoms with Crippen LogP contribution < -0.4 is 4.74 Å². The molecule has 0 saturated carbocycles. The van der Waals surface area contributed by atoms with Gasteiger partial charge in [0.05, 0.1) is 6.10 Å². The van der Waals surface area contributed by atoms with E-state index in [1.165, 1.54) is 6.07 Å². The van der Waals surface area contributed by atoms with Gasteiger partial charge in [-0.25, -0.2) is 0 Å². The quantitative estimate of drug-likeness (QED) is 0.787. The number of ether oxygens (including phenoxy) is 1. The standard InChI is InChI=1S/C16H14F3NO2/c1-10(2)22-14-6-11(9-21)5-13(7-14)12-3-4-15(20-8-12)16(17,18)19/h3-10H,1-2H3. The third-order valence-electron chi connectivity index (χ3n) is 2.82. The van der Waals surface area contributed by atoms with E-state index in [1.807, 2.05) is 13.8 Å². The summed E-state index contributed by atoms with van der Waals surface area (Å²) in [4.78, 5) is 14.4. The Morgan fingerprint density at radius 2 is 1.86 bits per heavy atom. The molecule has 2 rings (SSSR count). The van der Waals surface area contributed by atoms with Gasteiger partial charge in [0, 0.05) is 17.3 Å². The molecular weight excluding hydrogens is 295 g/mol. The van der Waals surface area contributed by atoms with Crippen molar-refractivity contribution in [3.8, 4) is 16.9 Å². The Balaban J connectivity index is 2.41. The third-order valence-corrected chi connectivity index (χ3v) is 2.82. The Hall–Kier alpha value is -2.37. The van der Waals surface area contributed by atoms with Gasteiger partial charge in [0.1, 0.15) is 17.7 Å². The molecule has 0 unspecified atom stereocenters. The molecule has 3 nitrogen and oxygen atoms in total. The number of pyridine rings is 1. The predicted octanol–water partition coefficient (Wildman–Crippen LogP) is 4.37. The third kappa shape index (κ3) is 3.84. The summed E-state index contributed by atoms with van der Waals surface area (Å²) in [5, 5.41) is 0. The average molecular weight is 309 g/mol. The van der Waals surface area contributed by atoms with E-state index < -0.39 is 11.9 Å². The summed E-state index contributed by atoms with van der Waals surface area (Å²) in [6.45, 7) is 3.68. The molecule has 116 valence electrons. The normalized spacial score (nSPS) is 11.5. The summed E-state index contributed by atoms with van der Waals surface area (Å²) in [5.41, 5.74) is 0.473. The zero-order chi connectivity index (χ0) is 16.3. The highest BCUT2D eigenvalue weighted by Gasteiger charge is 2.32. The second-order valence-electron chi connectivity index (χ2n) is 5.01. The summed E-state index contributed by atoms with van der Waals surface area (Å²) in [6.07, 6.45) is -2.77. The maximum Gasteiger partial charge on any atom is 0.433 e. The zero-order valence-electron chi connectivity index (χ0n) is 12.0. The van der Waals surface area contributed by atoms with Gasteiger partial charge in [0.25, 0.3) is 0 Å². The van der Waals surface area contributed by atoms with Crippen molar-refractivity contribution in [2.24, 2.45) is 0 Å². The van der Waals surface area contributed by atoms with Crippen molar-refractivity contribution in [2.75, 3.05) is 0 Å². The topological polar surface area (TPSA) is 39.2 Å². The average Bonchev–Trinajstić information content (AvgIpc) is 2.45. The number of carbonyl (C=O) groups is 1. The molecule has 6 heteroatoms. The predicted molar refractivity (Wildman–Crippen MR) is 75.8 cm³/mol. The fourth-order valence-corrected chi connectivity index (χ4v) is 1.93. The largest absolute Gasteiger partial charge is 0.491 e. The summed E-state index contributed by atoms with van der Waals surface area (Å²) < 4.78 is 43.1. The first kappa shape index (κ1) is 16.0. The second kappa shape index (κ2) is 6.17. The lowest BCUT2D eigenvalue weighted by Crippen LogP contribution is -2.07. The Bertz CT molecular complexity index is 664. The minimum Gasteiger partial charge on any atom is -0.491 e. The number of hydrogen-bond donors (Lipinski definition) is 0. The van der Waals surface area contributed by atoms with Crippen molar-refractivity contribution >= 4 is 6.29 Å². The van der Waals surface area contributed by atoms with Gasteiger partial charge in [-0.15, -0.1) is 0 Å². The summed E-state index contributed by atoms with van der Waals surface area (Å²) in [6, 6.07) is 7.04. The molecule has 0 spiro atoms. The zero-order valence-corrected chi connectivity index (χ0v) is 12.0. The van der Waals surface area contributed by atoms with Crippen molar-refractivity contribution in [1.82, 2.24) is 4.98 Å². The van der Waals surface area contributed by atoms with E-state index in [0.29, 0.717) is 28.7 Å². The van der Waals surface area contributed by atoms with Crippen LogP contribution in [0.25, 0.3) is 11.1 Å². The molecule has 22 heavy (non-hydrogen) atoms. The lowest BCUT2D eigenvalue weighted by molar-refractivity contribution is -0.141. The van der Waals surface area contributed by atoms with Crippen molar-refractivity contribution < 1.29 is 22.7 Å². The highest BCUT2D eigenvalue weighted by atomic mass is 19.4. The van der Waals surface area contributed by atoms with Crippen LogP contribution >= 0.6 is 0 Å². The van der Waals surface area contributed by atoms with E-state index >= 15 is 0 Å². The Labute approximate surface area is 125 Å². The number of aldehydes is 1. The van der Waals surface area contributed by atoms with Crippen molar-refractivity contribution in [2.45, 2.75) is 26.1 Å². The number of benzene rings is 1. The van der Waals surface area contributed by atoms with Crippen LogP contribution in [-0.2, 0) is 6.18 Å². The second-order valence-corrected chi connectivity index (χ2v) is 5.01. The van der Waals surface area contributed by atoms with Crippen LogP contribution in [-0.4, -0.2) is 17.4 Å². The highest BCUT2D eigenvalue weighted by molar-refractivity contribution is 5.80. The van der Waals surface area contributed by atoms with Crippen molar-refractivity contribution in [3.05, 3.63) is 47.8 Å². The molecule has 0 aliphatic rings. The molecule has 1 heterocycles. The van der Waals surface area contributed by atoms with Crippen LogP contribution in [0, 0.1) is 0 Å². The Morgan fingerprint density at radius 3 is 2.36 bits per heavy atom. The van der Waals surface area contributed by atoms with Gasteiger partial charge in [0.2, 0.25) is 0 Å². The van der Waals surface area contributed by atoms with E-state index in [4.69, 9.17) is 4.74 Å². The van der Waals surface area contributed by atoms with E-state index in [9.17, 15) is 18.0 Å². The van der Waals surface area contributed by atoms with Gasteiger partial charge in [-0.2, -0.15) is 13.2 Å². The number of nitrogens with zero attached hydrogens (tertiary/aromatic N) is 1. The first-order valence-corrected chi connectivity index (χ1v) is 6.60. The maximum atomic E-state index is 12.5. The Kier molecular flexibility index (Phi) is 4.49. The molecule has 0 saturated heterocycles. The fourth-order valence-electron chi connectivity index (χ4n) is 1.93. The smallest absolute Gasteiger partial charge is 0.433 e. The van der Waals surface area contributed by atoms with Crippen LogP contribution in [0.5, 0.6) is 5.75 Å². The number of alkyl halides is 3. The van der Waals surface area contributed by atoms with Crippen LogP contribution in [0.4, 0.5) is 13.2 Å². The molecule has 0 bridgehead atoms. The van der Waals surface area contributed by atoms with Gasteiger partial charge < -0.3 is 4.74 Å². The first-order valence-electron chi connectivity index (χ1n) is 6.60. The van der Waals surface area contributed by atoms with Gasteiger partial charge in [-0.1, -0.05) is 6.07 Å². The highest BCUT2D eigenvalue weighted by Crippen LogP contribution is 2.30. The number of hydrogen-bond acceptors (Lipinski definition) is 3. The lowest BCUT2D eigenvalue weighted by Gasteiger charge is -2.12. The molecule has 0 fully saturated rings. The molecular formula is C16H14F3NO2. The molecule has 0 aliphatic heterocycles. The molecule has 0 atom stereocenters. The minimum absolute atomic E-state index is 0.0829. The van der Waals surface area contributed by atoms with Crippen LogP contribution in [0.15, 0.2) is 36.5 Å². The summed E-state index contributed by atoms with van der Waals surface area (Å²) in [7, 11) is 0. The SMILES string of the molecule is CC(C)Oc1cc(C=O)cc(-c2ccc(C(F)(F)F)nc2)c1. The van der Waals surface area contributed by atoms with Crippen LogP contribution in [0.2, 0.25) is 0 Å². The van der Waals surface area contributed by atoms with Crippen LogP contribution in [0.3, 0.4) is 0 Å². The van der Waals surface area contributed by atoms with Gasteiger partial charge in [0.15, 0.2) is 0 Å². The van der Waals surface area contributed by atoms with Gasteiger partial charge in [-0.05, 0) is 43.7 Å². The molecule has 0 N–H and O–H groups in total. The lowest BCUT2D eigenvalue weighted by atomic mass is 10.0. The number of aromatic nitrogens is 1. The Morgan fingerprint density at radius 1 is 1.14 bits per heavy atom. The van der Waals surface area contributed by atoms with E-state index in [0.717, 1.165) is 12.3 Å². The number of rotatable bonds is 4. The summed E-state index contributed by atoms with van der Waals surface area (Å²) >= 11 is 0. The van der Waals surface area contributed by atoms with E-state index in [1.54, 1.807) is 18.2 Å². The number of halogens is 3. The van der Waals surface area contributed by atoms with E-state index in [2.05, 4.69) is 4.98 Å². The molecule has 1 aromatic heterocycles. The maximum absolute atomic E-state index is 12.5. The number of carbonyl (C=O) groups excluding carboxylic acids is 1. The van der Waals surface area contributed by atoms with Gasteiger partial charge >= 0.3 is 6.18 Å². The van der Waals surface area contributed by atoms with Crippen molar-refractivity contribution in [3.63, 3.8) is 0 Å². The molecule has 2 aromatic rings. The summed E-state index contributed by atoms with van der Waals surface area (Å²) in [5.74, 6) is 0.481. The molecule has 1 aromatic carbocycles. The fraction of sp³-hybridized carbons (Fsp3) is 0.250.